The van der Waals surface area contributed by atoms with Crippen molar-refractivity contribution in [2.75, 3.05) is 11.9 Å². The Labute approximate surface area is 112 Å². The van der Waals surface area contributed by atoms with Crippen molar-refractivity contribution in [3.63, 3.8) is 0 Å². The van der Waals surface area contributed by atoms with Gasteiger partial charge in [0, 0.05) is 6.54 Å². The van der Waals surface area contributed by atoms with Crippen LogP contribution in [-0.2, 0) is 0 Å². The summed E-state index contributed by atoms with van der Waals surface area (Å²) in [5.74, 6) is 0.332. The summed E-state index contributed by atoms with van der Waals surface area (Å²) in [5.41, 5.74) is 0.522. The van der Waals surface area contributed by atoms with Crippen molar-refractivity contribution in [2.45, 2.75) is 24.1 Å². The van der Waals surface area contributed by atoms with Gasteiger partial charge in [0.25, 0.3) is 5.22 Å². The van der Waals surface area contributed by atoms with E-state index < -0.39 is 4.92 Å². The van der Waals surface area contributed by atoms with Gasteiger partial charge in [0.2, 0.25) is 5.95 Å². The third-order valence-corrected chi connectivity index (χ3v) is 2.91. The van der Waals surface area contributed by atoms with Gasteiger partial charge in [0.05, 0.1) is 10.6 Å². The highest BCUT2D eigenvalue weighted by atomic mass is 32.2. The zero-order valence-corrected chi connectivity index (χ0v) is 11.1. The molecular weight excluding hydrogens is 270 g/mol. The van der Waals surface area contributed by atoms with Crippen LogP contribution in [0.2, 0.25) is 0 Å². The lowest BCUT2D eigenvalue weighted by molar-refractivity contribution is -0.388. The quantitative estimate of drug-likeness (QED) is 0.505. The Morgan fingerprint density at radius 2 is 2.32 bits per heavy atom. The SMILES string of the molecule is CCNc1ncc([N+](=O)[O-])c(Sc2nc(C)co2)n1. The molecule has 19 heavy (non-hydrogen) atoms. The lowest BCUT2D eigenvalue weighted by atomic mass is 10.5. The fraction of sp³-hybridized carbons (Fsp3) is 0.300. The minimum atomic E-state index is -0.534. The number of nitrogens with zero attached hydrogens (tertiary/aromatic N) is 4. The van der Waals surface area contributed by atoms with E-state index in [4.69, 9.17) is 4.42 Å². The summed E-state index contributed by atoms with van der Waals surface area (Å²) in [4.78, 5) is 22.4. The average molecular weight is 281 g/mol. The predicted molar refractivity (Wildman–Crippen MR) is 68.2 cm³/mol. The summed E-state index contributed by atoms with van der Waals surface area (Å²) in [5, 5.41) is 14.3. The zero-order chi connectivity index (χ0) is 13.8. The topological polar surface area (TPSA) is 107 Å². The van der Waals surface area contributed by atoms with Crippen molar-refractivity contribution in [2.24, 2.45) is 0 Å². The molecule has 2 heterocycles. The van der Waals surface area contributed by atoms with Gasteiger partial charge in [-0.1, -0.05) is 0 Å². The van der Waals surface area contributed by atoms with Crippen molar-refractivity contribution in [1.82, 2.24) is 15.0 Å². The number of anilines is 1. The second-order valence-corrected chi connectivity index (χ2v) is 4.47. The highest BCUT2D eigenvalue weighted by molar-refractivity contribution is 7.99. The lowest BCUT2D eigenvalue weighted by Crippen LogP contribution is -2.04. The van der Waals surface area contributed by atoms with Crippen LogP contribution < -0.4 is 5.32 Å². The number of rotatable bonds is 5. The summed E-state index contributed by atoms with van der Waals surface area (Å²) < 4.78 is 5.15. The van der Waals surface area contributed by atoms with Gasteiger partial charge >= 0.3 is 5.69 Å². The van der Waals surface area contributed by atoms with Crippen molar-refractivity contribution >= 4 is 23.4 Å². The average Bonchev–Trinajstić information content (AvgIpc) is 2.75. The summed E-state index contributed by atoms with van der Waals surface area (Å²) in [6.45, 7) is 4.28. The van der Waals surface area contributed by atoms with Gasteiger partial charge in [0.15, 0.2) is 5.03 Å². The molecule has 2 rings (SSSR count). The molecule has 0 aliphatic heterocycles. The third-order valence-electron chi connectivity index (χ3n) is 2.05. The molecule has 0 amide bonds. The monoisotopic (exact) mass is 281 g/mol. The summed E-state index contributed by atoms with van der Waals surface area (Å²) in [7, 11) is 0. The largest absolute Gasteiger partial charge is 0.439 e. The van der Waals surface area contributed by atoms with Gasteiger partial charge in [-0.05, 0) is 25.6 Å². The Kier molecular flexibility index (Phi) is 3.95. The van der Waals surface area contributed by atoms with Crippen LogP contribution in [0.5, 0.6) is 0 Å². The Morgan fingerprint density at radius 3 is 2.89 bits per heavy atom. The van der Waals surface area contributed by atoms with Crippen LogP contribution in [0.1, 0.15) is 12.6 Å². The summed E-state index contributed by atoms with van der Waals surface area (Å²) in [6, 6.07) is 0. The molecule has 2 aromatic heterocycles. The molecule has 0 unspecified atom stereocenters. The Hall–Kier alpha value is -2.16. The second-order valence-electron chi connectivity index (χ2n) is 3.53. The van der Waals surface area contributed by atoms with E-state index in [9.17, 15) is 10.1 Å². The van der Waals surface area contributed by atoms with E-state index in [0.29, 0.717) is 23.4 Å². The molecule has 0 saturated heterocycles. The van der Waals surface area contributed by atoms with Crippen LogP contribution in [0, 0.1) is 17.0 Å². The first-order valence-corrected chi connectivity index (χ1v) is 6.27. The molecule has 0 aliphatic rings. The fourth-order valence-electron chi connectivity index (χ4n) is 1.27. The second kappa shape index (κ2) is 5.65. The summed E-state index contributed by atoms with van der Waals surface area (Å²) in [6.07, 6.45) is 2.64. The normalized spacial score (nSPS) is 10.4. The van der Waals surface area contributed by atoms with E-state index in [-0.39, 0.29) is 10.7 Å². The van der Waals surface area contributed by atoms with E-state index in [2.05, 4.69) is 20.3 Å². The minimum absolute atomic E-state index is 0.178. The van der Waals surface area contributed by atoms with E-state index in [1.807, 2.05) is 6.92 Å². The van der Waals surface area contributed by atoms with Crippen molar-refractivity contribution in [1.29, 1.82) is 0 Å². The first kappa shape index (κ1) is 13.3. The number of oxazole rings is 1. The van der Waals surface area contributed by atoms with E-state index in [1.165, 1.54) is 12.5 Å². The summed E-state index contributed by atoms with van der Waals surface area (Å²) >= 11 is 0.993. The number of hydrogen-bond donors (Lipinski definition) is 1. The minimum Gasteiger partial charge on any atom is -0.439 e. The molecule has 0 spiro atoms. The molecule has 0 aliphatic carbocycles. The van der Waals surface area contributed by atoms with Crippen LogP contribution in [0.25, 0.3) is 0 Å². The Bertz CT molecular complexity index is 601. The van der Waals surface area contributed by atoms with Crippen LogP contribution >= 0.6 is 11.8 Å². The highest BCUT2D eigenvalue weighted by Gasteiger charge is 2.20. The Morgan fingerprint density at radius 1 is 1.53 bits per heavy atom. The number of hydrogen-bond acceptors (Lipinski definition) is 8. The molecule has 0 atom stereocenters. The zero-order valence-electron chi connectivity index (χ0n) is 10.3. The molecule has 1 N–H and O–H groups in total. The van der Waals surface area contributed by atoms with Crippen molar-refractivity contribution < 1.29 is 9.34 Å². The van der Waals surface area contributed by atoms with E-state index in [0.717, 1.165) is 11.8 Å². The van der Waals surface area contributed by atoms with Gasteiger partial charge in [-0.25, -0.2) is 9.97 Å². The molecule has 2 aromatic rings. The fourth-order valence-corrected chi connectivity index (χ4v) is 2.08. The maximum atomic E-state index is 10.9. The molecular formula is C10H11N5O3S. The molecule has 0 radical (unpaired) electrons. The first-order chi connectivity index (χ1) is 9.10. The molecule has 0 bridgehead atoms. The lowest BCUT2D eigenvalue weighted by Gasteiger charge is -2.03. The van der Waals surface area contributed by atoms with E-state index in [1.54, 1.807) is 6.92 Å². The van der Waals surface area contributed by atoms with E-state index >= 15 is 0 Å². The van der Waals surface area contributed by atoms with Gasteiger partial charge in [-0.15, -0.1) is 0 Å². The van der Waals surface area contributed by atoms with Crippen molar-refractivity contribution in [3.8, 4) is 0 Å². The predicted octanol–water partition coefficient (Wildman–Crippen LogP) is 2.26. The molecule has 0 fully saturated rings. The molecule has 100 valence electrons. The van der Waals surface area contributed by atoms with Crippen LogP contribution in [-0.4, -0.2) is 26.4 Å². The number of nitrogens with one attached hydrogen (secondary N) is 1. The molecule has 8 nitrogen and oxygen atoms in total. The van der Waals surface area contributed by atoms with Crippen LogP contribution in [0.15, 0.2) is 27.1 Å². The van der Waals surface area contributed by atoms with Crippen molar-refractivity contribution in [3.05, 3.63) is 28.3 Å². The molecule has 0 aromatic carbocycles. The number of aryl methyl sites for hydroxylation is 1. The standard InChI is InChI=1S/C10H11N5O3S/c1-3-11-9-12-4-7(15(16)17)8(14-9)19-10-13-6(2)5-18-10/h4-5H,3H2,1-2H3,(H,11,12,14). The number of aromatic nitrogens is 3. The highest BCUT2D eigenvalue weighted by Crippen LogP contribution is 2.32. The van der Waals surface area contributed by atoms with Crippen LogP contribution in [0.3, 0.4) is 0 Å². The van der Waals surface area contributed by atoms with Gasteiger partial charge < -0.3 is 9.73 Å². The molecule has 9 heteroatoms. The maximum absolute atomic E-state index is 10.9. The van der Waals surface area contributed by atoms with Gasteiger partial charge in [0.1, 0.15) is 12.5 Å². The number of nitro groups is 1. The van der Waals surface area contributed by atoms with Crippen LogP contribution in [0.4, 0.5) is 11.6 Å². The van der Waals surface area contributed by atoms with Gasteiger partial charge in [-0.2, -0.15) is 4.98 Å². The third kappa shape index (κ3) is 3.19. The Balaban J connectivity index is 2.34. The van der Waals surface area contributed by atoms with Gasteiger partial charge in [-0.3, -0.25) is 10.1 Å². The smallest absolute Gasteiger partial charge is 0.320 e. The maximum Gasteiger partial charge on any atom is 0.320 e. The molecule has 0 saturated carbocycles. The first-order valence-electron chi connectivity index (χ1n) is 5.45.